The molecule has 1 aliphatic heterocycles. The second-order valence-corrected chi connectivity index (χ2v) is 7.94. The Balaban J connectivity index is 1.65. The monoisotopic (exact) mass is 414 g/mol. The van der Waals surface area contributed by atoms with Crippen molar-refractivity contribution < 1.29 is 14.3 Å². The molecule has 0 spiro atoms. The minimum Gasteiger partial charge on any atom is -0.496 e. The van der Waals surface area contributed by atoms with E-state index in [1.165, 1.54) is 5.56 Å². The third-order valence-corrected chi connectivity index (χ3v) is 5.69. The molecule has 31 heavy (non-hydrogen) atoms. The molecule has 3 aromatic rings. The van der Waals surface area contributed by atoms with E-state index in [1.54, 1.807) is 18.1 Å². The van der Waals surface area contributed by atoms with Gasteiger partial charge in [0.25, 0.3) is 5.91 Å². The molecular weight excluding hydrogens is 388 g/mol. The molecule has 0 aliphatic carbocycles. The maximum Gasteiger partial charge on any atom is 0.259 e. The maximum absolute atomic E-state index is 13.3. The molecule has 0 fully saturated rings. The lowest BCUT2D eigenvalue weighted by Gasteiger charge is -2.25. The van der Waals surface area contributed by atoms with Crippen LogP contribution in [0.1, 0.15) is 52.9 Å². The molecular formula is C26H26N2O3. The van der Waals surface area contributed by atoms with E-state index in [0.29, 0.717) is 29.5 Å². The van der Waals surface area contributed by atoms with Gasteiger partial charge in [-0.05, 0) is 41.3 Å². The number of carbonyl (C=O) groups excluding carboxylic acids is 2. The van der Waals surface area contributed by atoms with Crippen LogP contribution in [0.15, 0.2) is 72.8 Å². The number of nitrogens with zero attached hydrogens (tertiary/aromatic N) is 1. The van der Waals surface area contributed by atoms with E-state index in [4.69, 9.17) is 4.74 Å². The summed E-state index contributed by atoms with van der Waals surface area (Å²) in [5.74, 6) is 0.717. The second-order valence-electron chi connectivity index (χ2n) is 7.94. The van der Waals surface area contributed by atoms with Crippen molar-refractivity contribution in [1.82, 2.24) is 5.32 Å². The lowest BCUT2D eigenvalue weighted by atomic mass is 10.0. The van der Waals surface area contributed by atoms with E-state index in [9.17, 15) is 9.59 Å². The summed E-state index contributed by atoms with van der Waals surface area (Å²) in [6.07, 6.45) is 0. The van der Waals surface area contributed by atoms with E-state index in [0.717, 1.165) is 11.1 Å². The Bertz CT molecular complexity index is 1110. The first-order chi connectivity index (χ1) is 15.0. The number of nitrogens with one attached hydrogen (secondary N) is 1. The van der Waals surface area contributed by atoms with Crippen LogP contribution in [-0.4, -0.2) is 18.9 Å². The number of ether oxygens (including phenoxy) is 1. The SMILES string of the molecule is COc1ccccc1CNC(=O)[C@H]1c2ccccc2C(=O)N1c1ccc(C(C)C)cc1. The molecule has 1 atom stereocenters. The number of fused-ring (bicyclic) bond motifs is 1. The molecule has 5 heteroatoms. The Morgan fingerprint density at radius 2 is 1.68 bits per heavy atom. The third kappa shape index (κ3) is 3.91. The summed E-state index contributed by atoms with van der Waals surface area (Å²) in [4.78, 5) is 28.2. The largest absolute Gasteiger partial charge is 0.496 e. The van der Waals surface area contributed by atoms with Crippen molar-refractivity contribution in [3.05, 3.63) is 95.1 Å². The van der Waals surface area contributed by atoms with Crippen molar-refractivity contribution >= 4 is 17.5 Å². The Kier molecular flexibility index (Phi) is 5.76. The topological polar surface area (TPSA) is 58.6 Å². The highest BCUT2D eigenvalue weighted by Crippen LogP contribution is 2.38. The summed E-state index contributed by atoms with van der Waals surface area (Å²) in [5, 5.41) is 2.99. The van der Waals surface area contributed by atoms with Crippen molar-refractivity contribution in [2.75, 3.05) is 12.0 Å². The summed E-state index contributed by atoms with van der Waals surface area (Å²) in [5.41, 5.74) is 4.06. The highest BCUT2D eigenvalue weighted by atomic mass is 16.5. The van der Waals surface area contributed by atoms with Gasteiger partial charge in [0.1, 0.15) is 11.8 Å². The molecule has 4 rings (SSSR count). The van der Waals surface area contributed by atoms with Crippen molar-refractivity contribution in [2.24, 2.45) is 0 Å². The number of hydrogen-bond donors (Lipinski definition) is 1. The van der Waals surface area contributed by atoms with Gasteiger partial charge in [0.15, 0.2) is 0 Å². The molecule has 3 aromatic carbocycles. The number of methoxy groups -OCH3 is 1. The number of carbonyl (C=O) groups is 2. The van der Waals surface area contributed by atoms with Gasteiger partial charge in [-0.3, -0.25) is 14.5 Å². The quantitative estimate of drug-likeness (QED) is 0.628. The number of amides is 2. The number of rotatable bonds is 6. The fourth-order valence-corrected chi connectivity index (χ4v) is 3.99. The predicted octanol–water partition coefficient (Wildman–Crippen LogP) is 4.84. The first-order valence-electron chi connectivity index (χ1n) is 10.4. The van der Waals surface area contributed by atoms with E-state index >= 15 is 0 Å². The van der Waals surface area contributed by atoms with Crippen LogP contribution in [0.4, 0.5) is 5.69 Å². The van der Waals surface area contributed by atoms with Crippen LogP contribution in [0.25, 0.3) is 0 Å². The highest BCUT2D eigenvalue weighted by Gasteiger charge is 2.41. The van der Waals surface area contributed by atoms with Gasteiger partial charge in [-0.1, -0.05) is 62.4 Å². The van der Waals surface area contributed by atoms with Gasteiger partial charge in [0.05, 0.1) is 7.11 Å². The van der Waals surface area contributed by atoms with Crippen molar-refractivity contribution in [3.8, 4) is 5.75 Å². The number of hydrogen-bond acceptors (Lipinski definition) is 3. The molecule has 2 amide bonds. The maximum atomic E-state index is 13.3. The van der Waals surface area contributed by atoms with E-state index in [1.807, 2.05) is 66.7 Å². The van der Waals surface area contributed by atoms with Crippen LogP contribution in [0.2, 0.25) is 0 Å². The Morgan fingerprint density at radius 3 is 2.39 bits per heavy atom. The van der Waals surface area contributed by atoms with E-state index < -0.39 is 6.04 Å². The zero-order chi connectivity index (χ0) is 22.0. The first-order valence-corrected chi connectivity index (χ1v) is 10.4. The van der Waals surface area contributed by atoms with E-state index in [-0.39, 0.29) is 11.8 Å². The lowest BCUT2D eigenvalue weighted by Crippen LogP contribution is -2.39. The van der Waals surface area contributed by atoms with Gasteiger partial charge < -0.3 is 10.1 Å². The number of anilines is 1. The minimum atomic E-state index is -0.719. The smallest absolute Gasteiger partial charge is 0.259 e. The van der Waals surface area contributed by atoms with Crippen molar-refractivity contribution in [2.45, 2.75) is 32.4 Å². The predicted molar refractivity (Wildman–Crippen MR) is 121 cm³/mol. The second kappa shape index (κ2) is 8.64. The van der Waals surface area contributed by atoms with Crippen molar-refractivity contribution in [3.63, 3.8) is 0 Å². The number of benzene rings is 3. The fraction of sp³-hybridized carbons (Fsp3) is 0.231. The molecule has 5 nitrogen and oxygen atoms in total. The average Bonchev–Trinajstić information content (AvgIpc) is 3.10. The molecule has 1 heterocycles. The van der Waals surface area contributed by atoms with E-state index in [2.05, 4.69) is 19.2 Å². The standard InChI is InChI=1S/C26H26N2O3/c1-17(2)18-12-14-20(15-13-18)28-24(21-9-5-6-10-22(21)26(28)30)25(29)27-16-19-8-4-7-11-23(19)31-3/h4-15,17,24H,16H2,1-3H3,(H,27,29)/t24-/m1/s1. The summed E-state index contributed by atoms with van der Waals surface area (Å²) >= 11 is 0. The third-order valence-electron chi connectivity index (χ3n) is 5.69. The summed E-state index contributed by atoms with van der Waals surface area (Å²) in [7, 11) is 1.61. The average molecular weight is 415 g/mol. The van der Waals surface area contributed by atoms with Gasteiger partial charge in [-0.25, -0.2) is 0 Å². The normalized spacial score (nSPS) is 15.2. The molecule has 0 saturated carbocycles. The Morgan fingerprint density at radius 1 is 1.00 bits per heavy atom. The van der Waals surface area contributed by atoms with Crippen LogP contribution in [0.3, 0.4) is 0 Å². The Labute approximate surface area is 182 Å². The van der Waals surface area contributed by atoms with Crippen LogP contribution in [-0.2, 0) is 11.3 Å². The van der Waals surface area contributed by atoms with Crippen LogP contribution in [0, 0.1) is 0 Å². The highest BCUT2D eigenvalue weighted by molar-refractivity contribution is 6.15. The van der Waals surface area contributed by atoms with Gasteiger partial charge in [-0.2, -0.15) is 0 Å². The first kappa shape index (κ1) is 20.7. The molecule has 158 valence electrons. The molecule has 1 N–H and O–H groups in total. The van der Waals surface area contributed by atoms with Crippen LogP contribution in [0.5, 0.6) is 5.75 Å². The fourth-order valence-electron chi connectivity index (χ4n) is 3.99. The zero-order valence-corrected chi connectivity index (χ0v) is 18.0. The number of para-hydroxylation sites is 1. The zero-order valence-electron chi connectivity index (χ0n) is 18.0. The molecule has 0 saturated heterocycles. The molecule has 0 radical (unpaired) electrons. The van der Waals surface area contributed by atoms with Crippen molar-refractivity contribution in [1.29, 1.82) is 0 Å². The van der Waals surface area contributed by atoms with Gasteiger partial charge >= 0.3 is 0 Å². The van der Waals surface area contributed by atoms with Gasteiger partial charge in [0, 0.05) is 23.4 Å². The summed E-state index contributed by atoms with van der Waals surface area (Å²) in [6.45, 7) is 4.57. The molecule has 0 unspecified atom stereocenters. The van der Waals surface area contributed by atoms with Gasteiger partial charge in [0.2, 0.25) is 5.91 Å². The summed E-state index contributed by atoms with van der Waals surface area (Å²) in [6, 6.07) is 22.0. The minimum absolute atomic E-state index is 0.162. The summed E-state index contributed by atoms with van der Waals surface area (Å²) < 4.78 is 5.38. The van der Waals surface area contributed by atoms with Gasteiger partial charge in [-0.15, -0.1) is 0 Å². The molecule has 0 aromatic heterocycles. The Hall–Kier alpha value is -3.60. The molecule has 0 bridgehead atoms. The molecule has 1 aliphatic rings. The lowest BCUT2D eigenvalue weighted by molar-refractivity contribution is -0.122. The van der Waals surface area contributed by atoms with Crippen LogP contribution >= 0.6 is 0 Å². The van der Waals surface area contributed by atoms with Crippen LogP contribution < -0.4 is 15.0 Å².